The smallest absolute Gasteiger partial charge is 0.319 e. The Hall–Kier alpha value is -2.99. The van der Waals surface area contributed by atoms with Gasteiger partial charge >= 0.3 is 6.03 Å². The molecule has 0 unspecified atom stereocenters. The van der Waals surface area contributed by atoms with E-state index in [0.717, 1.165) is 21.8 Å². The number of aromatic nitrogens is 4. The van der Waals surface area contributed by atoms with Crippen LogP contribution in [-0.2, 0) is 23.1 Å². The summed E-state index contributed by atoms with van der Waals surface area (Å²) in [4.78, 5) is 11.8. The number of hydrogen-bond acceptors (Lipinski definition) is 8. The largest absolute Gasteiger partial charge is 0.392 e. The van der Waals surface area contributed by atoms with Gasteiger partial charge in [0.25, 0.3) is 0 Å². The first-order valence-corrected chi connectivity index (χ1v) is 12.0. The van der Waals surface area contributed by atoms with Crippen molar-refractivity contribution in [3.63, 3.8) is 0 Å². The van der Waals surface area contributed by atoms with Crippen LogP contribution < -0.4 is 10.6 Å². The molecule has 2 heterocycles. The van der Waals surface area contributed by atoms with Crippen molar-refractivity contribution >= 4 is 23.5 Å². The van der Waals surface area contributed by atoms with Crippen LogP contribution in [0.3, 0.4) is 0 Å². The molecule has 0 saturated carbocycles. The van der Waals surface area contributed by atoms with Crippen LogP contribution >= 0.6 is 11.8 Å². The number of amides is 2. The van der Waals surface area contributed by atoms with E-state index in [2.05, 4.69) is 26.2 Å². The Kier molecular flexibility index (Phi) is 8.12. The lowest BCUT2D eigenvalue weighted by molar-refractivity contribution is -0.245. The maximum atomic E-state index is 11.8. The molecule has 1 fully saturated rings. The van der Waals surface area contributed by atoms with Gasteiger partial charge in [-0.15, -0.1) is 5.10 Å². The van der Waals surface area contributed by atoms with Gasteiger partial charge in [-0.25, -0.2) is 9.48 Å². The van der Waals surface area contributed by atoms with Crippen LogP contribution in [0.2, 0.25) is 0 Å². The Balaban J connectivity index is 1.50. The van der Waals surface area contributed by atoms with E-state index in [0.29, 0.717) is 24.4 Å². The van der Waals surface area contributed by atoms with E-state index in [1.165, 1.54) is 11.8 Å². The highest BCUT2D eigenvalue weighted by Gasteiger charge is 2.32. The van der Waals surface area contributed by atoms with Crippen molar-refractivity contribution in [2.75, 3.05) is 17.6 Å². The zero-order valence-corrected chi connectivity index (χ0v) is 19.9. The maximum Gasteiger partial charge on any atom is 0.319 e. The number of rotatable bonds is 8. The molecule has 1 aromatic heterocycles. The second-order valence-electron chi connectivity index (χ2n) is 7.85. The van der Waals surface area contributed by atoms with E-state index in [1.54, 1.807) is 11.7 Å². The van der Waals surface area contributed by atoms with Crippen LogP contribution in [0.15, 0.2) is 53.7 Å². The standard InChI is InChI=1S/C23H28N6O4S/c1-3-24-22(31)25-18-10-8-17(9-11-18)21-32-19(14-34-23-26-27-28-29(23)2)12-20(33-21)16-6-4-15(13-30)5-7-16/h4-11,19-21,30H,3,12-14H2,1-2H3,(H2,24,25,31)/t19-,20+,21+/m0/s1. The van der Waals surface area contributed by atoms with Gasteiger partial charge in [0.05, 0.1) is 18.8 Å². The predicted octanol–water partition coefficient (Wildman–Crippen LogP) is 3.18. The Morgan fingerprint density at radius 1 is 1.15 bits per heavy atom. The first-order chi connectivity index (χ1) is 16.6. The molecule has 0 aliphatic carbocycles. The van der Waals surface area contributed by atoms with Crippen LogP contribution in [0, 0.1) is 0 Å². The quantitative estimate of drug-likeness (QED) is 0.417. The molecule has 180 valence electrons. The van der Waals surface area contributed by atoms with Crippen molar-refractivity contribution < 1.29 is 19.4 Å². The number of carbonyl (C=O) groups is 1. The van der Waals surface area contributed by atoms with E-state index in [9.17, 15) is 9.90 Å². The first kappa shape index (κ1) is 24.1. The van der Waals surface area contributed by atoms with Crippen LogP contribution in [0.4, 0.5) is 10.5 Å². The summed E-state index contributed by atoms with van der Waals surface area (Å²) < 4.78 is 14.3. The SMILES string of the molecule is CCNC(=O)Nc1ccc([C@@H]2O[C@H](CSc3nnnn3C)C[C@H](c3ccc(CO)cc3)O2)cc1. The number of urea groups is 1. The summed E-state index contributed by atoms with van der Waals surface area (Å²) in [7, 11) is 1.80. The van der Waals surface area contributed by atoms with Crippen molar-refractivity contribution in [3.05, 3.63) is 65.2 Å². The minimum Gasteiger partial charge on any atom is -0.392 e. The lowest BCUT2D eigenvalue weighted by Crippen LogP contribution is -2.31. The van der Waals surface area contributed by atoms with Gasteiger partial charge in [0, 0.05) is 37.0 Å². The van der Waals surface area contributed by atoms with Gasteiger partial charge in [0.2, 0.25) is 5.16 Å². The summed E-state index contributed by atoms with van der Waals surface area (Å²) in [6, 6.07) is 14.9. The summed E-state index contributed by atoms with van der Waals surface area (Å²) in [6.07, 6.45) is -0.179. The van der Waals surface area contributed by atoms with E-state index >= 15 is 0 Å². The number of aryl methyl sites for hydroxylation is 1. The number of tetrazole rings is 1. The molecule has 3 atom stereocenters. The Labute approximate surface area is 202 Å². The van der Waals surface area contributed by atoms with E-state index in [1.807, 2.05) is 55.5 Å². The predicted molar refractivity (Wildman–Crippen MR) is 127 cm³/mol. The Morgan fingerprint density at radius 2 is 1.88 bits per heavy atom. The minimum atomic E-state index is -0.571. The number of thioether (sulfide) groups is 1. The van der Waals surface area contributed by atoms with Crippen molar-refractivity contribution in [2.24, 2.45) is 7.05 Å². The number of anilines is 1. The van der Waals surface area contributed by atoms with Crippen LogP contribution in [0.25, 0.3) is 0 Å². The minimum absolute atomic E-state index is 0.000790. The van der Waals surface area contributed by atoms with Gasteiger partial charge in [-0.05, 0) is 40.6 Å². The van der Waals surface area contributed by atoms with Crippen LogP contribution in [0.1, 0.15) is 42.4 Å². The topological polar surface area (TPSA) is 123 Å². The number of benzene rings is 2. The number of carbonyl (C=O) groups excluding carboxylic acids is 1. The van der Waals surface area contributed by atoms with Crippen LogP contribution in [-0.4, -0.2) is 49.7 Å². The highest BCUT2D eigenvalue weighted by molar-refractivity contribution is 7.99. The fraction of sp³-hybridized carbons (Fsp3) is 0.391. The molecular formula is C23H28N6O4S. The van der Waals surface area contributed by atoms with E-state index in [-0.39, 0.29) is 24.8 Å². The molecule has 0 radical (unpaired) electrons. The molecule has 3 N–H and O–H groups in total. The molecule has 1 aliphatic rings. The van der Waals surface area contributed by atoms with Gasteiger partial charge in [-0.3, -0.25) is 0 Å². The third kappa shape index (κ3) is 6.11. The van der Waals surface area contributed by atoms with E-state index < -0.39 is 6.29 Å². The lowest BCUT2D eigenvalue weighted by atomic mass is 10.0. The van der Waals surface area contributed by atoms with Crippen molar-refractivity contribution in [3.8, 4) is 0 Å². The molecule has 11 heteroatoms. The third-order valence-electron chi connectivity index (χ3n) is 5.37. The van der Waals surface area contributed by atoms with Gasteiger partial charge in [0.15, 0.2) is 6.29 Å². The molecular weight excluding hydrogens is 456 g/mol. The molecule has 3 aromatic rings. The number of aliphatic hydroxyl groups excluding tert-OH is 1. The normalized spacial score (nSPS) is 20.1. The zero-order chi connectivity index (χ0) is 23.9. The number of aliphatic hydroxyl groups is 1. The second kappa shape index (κ2) is 11.4. The average Bonchev–Trinajstić information content (AvgIpc) is 3.28. The molecule has 4 rings (SSSR count). The highest BCUT2D eigenvalue weighted by atomic mass is 32.2. The molecule has 1 saturated heterocycles. The number of nitrogens with one attached hydrogen (secondary N) is 2. The van der Waals surface area contributed by atoms with Gasteiger partial charge in [-0.2, -0.15) is 0 Å². The zero-order valence-electron chi connectivity index (χ0n) is 19.0. The lowest BCUT2D eigenvalue weighted by Gasteiger charge is -2.36. The molecule has 34 heavy (non-hydrogen) atoms. The summed E-state index contributed by atoms with van der Waals surface area (Å²) in [5.74, 6) is 0.663. The highest BCUT2D eigenvalue weighted by Crippen LogP contribution is 2.39. The Morgan fingerprint density at radius 3 is 2.53 bits per heavy atom. The first-order valence-electron chi connectivity index (χ1n) is 11.1. The molecule has 0 bridgehead atoms. The number of ether oxygens (including phenoxy) is 2. The van der Waals surface area contributed by atoms with Crippen molar-refractivity contribution in [1.29, 1.82) is 0 Å². The Bertz CT molecular complexity index is 1080. The molecule has 2 aromatic carbocycles. The fourth-order valence-electron chi connectivity index (χ4n) is 3.59. The van der Waals surface area contributed by atoms with Crippen LogP contribution in [0.5, 0.6) is 0 Å². The average molecular weight is 485 g/mol. The summed E-state index contributed by atoms with van der Waals surface area (Å²) >= 11 is 1.53. The second-order valence-corrected chi connectivity index (χ2v) is 8.84. The summed E-state index contributed by atoms with van der Waals surface area (Å²) in [5, 5.41) is 27.2. The van der Waals surface area contributed by atoms with Crippen molar-refractivity contribution in [2.45, 2.75) is 43.6 Å². The number of hydrogen-bond donors (Lipinski definition) is 3. The van der Waals surface area contributed by atoms with Gasteiger partial charge in [0.1, 0.15) is 0 Å². The monoisotopic (exact) mass is 484 g/mol. The van der Waals surface area contributed by atoms with Gasteiger partial charge < -0.3 is 25.2 Å². The summed E-state index contributed by atoms with van der Waals surface area (Å²) in [6.45, 7) is 2.42. The molecule has 1 aliphatic heterocycles. The summed E-state index contributed by atoms with van der Waals surface area (Å²) in [5.41, 5.74) is 3.41. The van der Waals surface area contributed by atoms with E-state index in [4.69, 9.17) is 9.47 Å². The van der Waals surface area contributed by atoms with Gasteiger partial charge in [-0.1, -0.05) is 48.2 Å². The third-order valence-corrected chi connectivity index (χ3v) is 6.52. The molecule has 10 nitrogen and oxygen atoms in total. The molecule has 0 spiro atoms. The molecule has 2 amide bonds. The number of nitrogens with zero attached hydrogens (tertiary/aromatic N) is 4. The maximum absolute atomic E-state index is 11.8. The fourth-order valence-corrected chi connectivity index (χ4v) is 4.46. The van der Waals surface area contributed by atoms with Crippen molar-refractivity contribution in [1.82, 2.24) is 25.5 Å².